The lowest BCUT2D eigenvalue weighted by atomic mass is 10.2. The van der Waals surface area contributed by atoms with Crippen molar-refractivity contribution in [2.75, 3.05) is 0 Å². The van der Waals surface area contributed by atoms with Crippen LogP contribution in [0.4, 0.5) is 0 Å². The molecule has 4 rings (SSSR count). The maximum Gasteiger partial charge on any atom is 0.244 e. The number of carbonyl (C=O) groups is 1. The van der Waals surface area contributed by atoms with Crippen LogP contribution in [0.25, 0.3) is 17.4 Å². The van der Waals surface area contributed by atoms with Crippen LogP contribution in [-0.4, -0.2) is 25.1 Å². The molecule has 29 heavy (non-hydrogen) atoms. The van der Waals surface area contributed by atoms with Gasteiger partial charge in [0.05, 0.1) is 23.6 Å². The van der Waals surface area contributed by atoms with Crippen molar-refractivity contribution in [2.45, 2.75) is 27.3 Å². The fourth-order valence-electron chi connectivity index (χ4n) is 3.40. The van der Waals surface area contributed by atoms with E-state index in [4.69, 9.17) is 0 Å². The minimum absolute atomic E-state index is 0.162. The second-order valence-corrected chi connectivity index (χ2v) is 7.04. The summed E-state index contributed by atoms with van der Waals surface area (Å²) in [7, 11) is 0. The molecule has 0 aliphatic carbocycles. The Balaban J connectivity index is 1.45. The zero-order valence-corrected chi connectivity index (χ0v) is 16.8. The molecular formula is C23H23N5O. The van der Waals surface area contributed by atoms with E-state index in [9.17, 15) is 4.79 Å². The van der Waals surface area contributed by atoms with E-state index in [1.165, 1.54) is 0 Å². The van der Waals surface area contributed by atoms with Crippen molar-refractivity contribution in [3.8, 4) is 5.69 Å². The van der Waals surface area contributed by atoms with Crippen molar-refractivity contribution in [2.24, 2.45) is 0 Å². The Labute approximate surface area is 169 Å². The van der Waals surface area contributed by atoms with E-state index in [-0.39, 0.29) is 5.91 Å². The number of hydrogen-bond donors (Lipinski definition) is 1. The molecule has 0 spiro atoms. The number of para-hydroxylation sites is 1. The molecule has 1 amide bonds. The molecule has 3 heterocycles. The van der Waals surface area contributed by atoms with Crippen LogP contribution in [0.2, 0.25) is 0 Å². The van der Waals surface area contributed by atoms with Crippen LogP contribution in [0, 0.1) is 20.8 Å². The van der Waals surface area contributed by atoms with Gasteiger partial charge in [-0.3, -0.25) is 4.79 Å². The topological polar surface area (TPSA) is 64.2 Å². The van der Waals surface area contributed by atoms with Crippen molar-refractivity contribution >= 4 is 17.6 Å². The zero-order chi connectivity index (χ0) is 20.4. The highest BCUT2D eigenvalue weighted by molar-refractivity contribution is 5.92. The van der Waals surface area contributed by atoms with Crippen LogP contribution in [0.3, 0.4) is 0 Å². The minimum atomic E-state index is -0.162. The molecule has 1 N–H and O–H groups in total. The van der Waals surface area contributed by atoms with Gasteiger partial charge < -0.3 is 9.72 Å². The van der Waals surface area contributed by atoms with Crippen molar-refractivity contribution in [3.05, 3.63) is 89.1 Å². The number of amides is 1. The largest absolute Gasteiger partial charge is 0.347 e. The average Bonchev–Trinajstić information content (AvgIpc) is 3.27. The Kier molecular flexibility index (Phi) is 4.99. The van der Waals surface area contributed by atoms with Crippen LogP contribution >= 0.6 is 0 Å². The number of aryl methyl sites for hydroxylation is 2. The van der Waals surface area contributed by atoms with E-state index < -0.39 is 0 Å². The standard InChI is InChI=1S/C23H23N5O/c1-16-8-7-13-27-15-19(25-23(16)27)14-24-22(29)12-11-21-17(2)26-28(18(21)3)20-9-5-4-6-10-20/h4-13,15H,14H2,1-3H3,(H,24,29)/b12-11+. The van der Waals surface area contributed by atoms with Gasteiger partial charge in [-0.15, -0.1) is 0 Å². The predicted octanol–water partition coefficient (Wildman–Crippen LogP) is 3.77. The highest BCUT2D eigenvalue weighted by Crippen LogP contribution is 2.19. The average molecular weight is 385 g/mol. The van der Waals surface area contributed by atoms with Crippen LogP contribution in [-0.2, 0) is 11.3 Å². The third-order valence-electron chi connectivity index (χ3n) is 4.92. The van der Waals surface area contributed by atoms with Gasteiger partial charge in [-0.05, 0) is 50.6 Å². The van der Waals surface area contributed by atoms with E-state index in [2.05, 4.69) is 15.4 Å². The molecular weight excluding hydrogens is 362 g/mol. The van der Waals surface area contributed by atoms with Gasteiger partial charge in [0.1, 0.15) is 5.65 Å². The summed E-state index contributed by atoms with van der Waals surface area (Å²) in [6.07, 6.45) is 7.26. The molecule has 146 valence electrons. The summed E-state index contributed by atoms with van der Waals surface area (Å²) in [6.45, 7) is 6.35. The first-order chi connectivity index (χ1) is 14.0. The molecule has 3 aromatic heterocycles. The molecule has 6 heteroatoms. The highest BCUT2D eigenvalue weighted by Gasteiger charge is 2.11. The molecule has 0 bridgehead atoms. The number of imidazole rings is 1. The molecule has 0 aliphatic heterocycles. The summed E-state index contributed by atoms with van der Waals surface area (Å²) in [4.78, 5) is 16.9. The number of nitrogens with one attached hydrogen (secondary N) is 1. The molecule has 0 fully saturated rings. The Hall–Kier alpha value is -3.67. The van der Waals surface area contributed by atoms with Crippen molar-refractivity contribution in [3.63, 3.8) is 0 Å². The van der Waals surface area contributed by atoms with Gasteiger partial charge in [0.15, 0.2) is 0 Å². The van der Waals surface area contributed by atoms with Gasteiger partial charge in [-0.1, -0.05) is 24.3 Å². The summed E-state index contributed by atoms with van der Waals surface area (Å²) < 4.78 is 3.86. The maximum atomic E-state index is 12.3. The van der Waals surface area contributed by atoms with Crippen LogP contribution in [0.1, 0.15) is 28.2 Å². The maximum absolute atomic E-state index is 12.3. The van der Waals surface area contributed by atoms with E-state index in [1.807, 2.05) is 90.8 Å². The first kappa shape index (κ1) is 18.7. The number of aromatic nitrogens is 4. The van der Waals surface area contributed by atoms with Gasteiger partial charge >= 0.3 is 0 Å². The summed E-state index contributed by atoms with van der Waals surface area (Å²) in [5, 5.41) is 7.50. The van der Waals surface area contributed by atoms with Gasteiger partial charge in [0.2, 0.25) is 5.91 Å². The van der Waals surface area contributed by atoms with E-state index in [0.29, 0.717) is 6.54 Å². The normalized spacial score (nSPS) is 11.4. The smallest absolute Gasteiger partial charge is 0.244 e. The minimum Gasteiger partial charge on any atom is -0.347 e. The number of rotatable bonds is 5. The number of hydrogen-bond acceptors (Lipinski definition) is 3. The summed E-state index contributed by atoms with van der Waals surface area (Å²) in [6, 6.07) is 14.0. The van der Waals surface area contributed by atoms with E-state index in [1.54, 1.807) is 6.08 Å². The fourth-order valence-corrected chi connectivity index (χ4v) is 3.40. The number of pyridine rings is 1. The zero-order valence-electron chi connectivity index (χ0n) is 16.8. The number of benzene rings is 1. The van der Waals surface area contributed by atoms with Crippen LogP contribution in [0.15, 0.2) is 60.9 Å². The molecule has 4 aromatic rings. The van der Waals surface area contributed by atoms with E-state index >= 15 is 0 Å². The molecule has 6 nitrogen and oxygen atoms in total. The number of carbonyl (C=O) groups excluding carboxylic acids is 1. The van der Waals surface area contributed by atoms with Gasteiger partial charge in [0, 0.05) is 29.7 Å². The summed E-state index contributed by atoms with van der Waals surface area (Å²) in [5.41, 5.74) is 6.66. The lowest BCUT2D eigenvalue weighted by Crippen LogP contribution is -2.20. The van der Waals surface area contributed by atoms with Crippen LogP contribution < -0.4 is 5.32 Å². The van der Waals surface area contributed by atoms with Gasteiger partial charge in [-0.25, -0.2) is 9.67 Å². The number of nitrogens with zero attached hydrogens (tertiary/aromatic N) is 4. The third-order valence-corrected chi connectivity index (χ3v) is 4.92. The SMILES string of the molecule is Cc1nn(-c2ccccc2)c(C)c1/C=C/C(=O)NCc1cn2cccc(C)c2n1. The second-order valence-electron chi connectivity index (χ2n) is 7.04. The first-order valence-electron chi connectivity index (χ1n) is 9.53. The molecule has 0 radical (unpaired) electrons. The lowest BCUT2D eigenvalue weighted by Gasteiger charge is -2.03. The predicted molar refractivity (Wildman–Crippen MR) is 114 cm³/mol. The second kappa shape index (κ2) is 7.75. The molecule has 0 saturated heterocycles. The Morgan fingerprint density at radius 2 is 1.90 bits per heavy atom. The molecule has 0 aliphatic rings. The van der Waals surface area contributed by atoms with Gasteiger partial charge in [0.25, 0.3) is 0 Å². The molecule has 1 aromatic carbocycles. The Morgan fingerprint density at radius 3 is 2.66 bits per heavy atom. The van der Waals surface area contributed by atoms with Crippen LogP contribution in [0.5, 0.6) is 0 Å². The Bertz CT molecular complexity index is 1200. The molecule has 0 unspecified atom stereocenters. The molecule has 0 saturated carbocycles. The number of fused-ring (bicyclic) bond motifs is 1. The lowest BCUT2D eigenvalue weighted by molar-refractivity contribution is -0.116. The van der Waals surface area contributed by atoms with E-state index in [0.717, 1.165) is 39.5 Å². The summed E-state index contributed by atoms with van der Waals surface area (Å²) >= 11 is 0. The van der Waals surface area contributed by atoms with Crippen molar-refractivity contribution in [1.82, 2.24) is 24.5 Å². The quantitative estimate of drug-likeness (QED) is 0.532. The van der Waals surface area contributed by atoms with Crippen molar-refractivity contribution < 1.29 is 4.79 Å². The Morgan fingerprint density at radius 1 is 1.10 bits per heavy atom. The fraction of sp³-hybridized carbons (Fsp3) is 0.174. The monoisotopic (exact) mass is 385 g/mol. The third kappa shape index (κ3) is 3.82. The van der Waals surface area contributed by atoms with Gasteiger partial charge in [-0.2, -0.15) is 5.10 Å². The van der Waals surface area contributed by atoms with Crippen molar-refractivity contribution in [1.29, 1.82) is 0 Å². The molecule has 0 atom stereocenters. The highest BCUT2D eigenvalue weighted by atomic mass is 16.1. The summed E-state index contributed by atoms with van der Waals surface area (Å²) in [5.74, 6) is -0.162. The first-order valence-corrected chi connectivity index (χ1v) is 9.53.